The first-order valence-electron chi connectivity index (χ1n) is 13.1. The van der Waals surface area contributed by atoms with E-state index in [-0.39, 0.29) is 5.69 Å². The normalized spacial score (nSPS) is 19.8. The number of rotatable bonds is 5. The number of hydrogen-bond donors (Lipinski definition) is 1. The molecule has 2 aromatic carbocycles. The third kappa shape index (κ3) is 3.77. The fourth-order valence-electron chi connectivity index (χ4n) is 6.02. The van der Waals surface area contributed by atoms with Crippen molar-refractivity contribution >= 4 is 23.0 Å². The summed E-state index contributed by atoms with van der Waals surface area (Å²) >= 11 is 0. The van der Waals surface area contributed by atoms with Gasteiger partial charge in [-0.25, -0.2) is 13.8 Å². The number of hydrazine groups is 1. The number of nitrogens with one attached hydrogen (secondary N) is 1. The first kappa shape index (κ1) is 23.3. The van der Waals surface area contributed by atoms with Crippen LogP contribution in [0.2, 0.25) is 0 Å². The van der Waals surface area contributed by atoms with Crippen LogP contribution in [0.15, 0.2) is 47.3 Å². The number of anilines is 3. The van der Waals surface area contributed by atoms with Gasteiger partial charge < -0.3 is 15.2 Å². The lowest BCUT2D eigenvalue weighted by Gasteiger charge is -2.27. The Kier molecular flexibility index (Phi) is 5.13. The molecule has 2 saturated carbocycles. The zero-order valence-electron chi connectivity index (χ0n) is 21.1. The highest BCUT2D eigenvalue weighted by Gasteiger charge is 2.49. The summed E-state index contributed by atoms with van der Waals surface area (Å²) in [6, 6.07) is 10.2. The Morgan fingerprint density at radius 1 is 1.03 bits per heavy atom. The van der Waals surface area contributed by atoms with Gasteiger partial charge in [-0.2, -0.15) is 9.78 Å². The van der Waals surface area contributed by atoms with Gasteiger partial charge in [0.25, 0.3) is 11.5 Å². The van der Waals surface area contributed by atoms with E-state index in [2.05, 4.69) is 38.4 Å². The van der Waals surface area contributed by atoms with Crippen LogP contribution in [-0.2, 0) is 6.54 Å². The zero-order chi connectivity index (χ0) is 26.2. The van der Waals surface area contributed by atoms with E-state index < -0.39 is 28.8 Å². The predicted molar refractivity (Wildman–Crippen MR) is 140 cm³/mol. The van der Waals surface area contributed by atoms with Crippen LogP contribution in [0, 0.1) is 17.0 Å². The molecule has 1 saturated heterocycles. The van der Waals surface area contributed by atoms with Gasteiger partial charge in [0, 0.05) is 44.4 Å². The van der Waals surface area contributed by atoms with E-state index in [1.807, 2.05) is 6.07 Å². The second-order valence-electron chi connectivity index (χ2n) is 11.0. The van der Waals surface area contributed by atoms with Gasteiger partial charge in [0.1, 0.15) is 11.4 Å². The summed E-state index contributed by atoms with van der Waals surface area (Å²) in [5.41, 5.74) is 3.01. The number of para-hydroxylation sites is 1. The molecule has 4 aliphatic rings. The lowest BCUT2D eigenvalue weighted by molar-refractivity contribution is 0.102. The Hall–Kier alpha value is -3.79. The first-order chi connectivity index (χ1) is 18.3. The van der Waals surface area contributed by atoms with E-state index in [9.17, 15) is 18.4 Å². The van der Waals surface area contributed by atoms with Crippen LogP contribution in [0.25, 0.3) is 5.69 Å². The zero-order valence-corrected chi connectivity index (χ0v) is 21.1. The van der Waals surface area contributed by atoms with Crippen molar-refractivity contribution in [1.29, 1.82) is 0 Å². The van der Waals surface area contributed by atoms with Gasteiger partial charge in [0.05, 0.1) is 17.1 Å². The van der Waals surface area contributed by atoms with Gasteiger partial charge in [-0.15, -0.1) is 0 Å². The Labute approximate surface area is 218 Å². The molecule has 8 nitrogen and oxygen atoms in total. The van der Waals surface area contributed by atoms with E-state index >= 15 is 0 Å². The third-order valence-corrected chi connectivity index (χ3v) is 8.29. The molecule has 0 radical (unpaired) electrons. The summed E-state index contributed by atoms with van der Waals surface area (Å²) in [5.74, 6) is -2.43. The number of hydrogen-bond acceptors (Lipinski definition) is 6. The maximum atomic E-state index is 14.4. The lowest BCUT2D eigenvalue weighted by Crippen LogP contribution is -2.36. The lowest BCUT2D eigenvalue weighted by atomic mass is 10.1. The van der Waals surface area contributed by atoms with E-state index in [0.29, 0.717) is 21.8 Å². The molecule has 38 heavy (non-hydrogen) atoms. The fraction of sp³-hybridized carbons (Fsp3) is 0.393. The highest BCUT2D eigenvalue weighted by atomic mass is 19.1. The molecule has 0 bridgehead atoms. The monoisotopic (exact) mass is 518 g/mol. The molecule has 0 unspecified atom stereocenters. The molecule has 3 aromatic rings. The third-order valence-electron chi connectivity index (χ3n) is 8.29. The van der Waals surface area contributed by atoms with Crippen LogP contribution < -0.4 is 20.8 Å². The van der Waals surface area contributed by atoms with E-state index in [1.165, 1.54) is 49.1 Å². The molecule has 1 amide bonds. The molecule has 1 aromatic heterocycles. The van der Waals surface area contributed by atoms with Crippen LogP contribution in [0.1, 0.15) is 48.2 Å². The van der Waals surface area contributed by atoms with Crippen LogP contribution in [-0.4, -0.2) is 46.9 Å². The quantitative estimate of drug-likeness (QED) is 0.549. The molecule has 196 valence electrons. The summed E-state index contributed by atoms with van der Waals surface area (Å²) < 4.78 is 29.4. The average Bonchev–Trinajstić information content (AvgIpc) is 3.79. The van der Waals surface area contributed by atoms with Crippen molar-refractivity contribution in [3.63, 3.8) is 0 Å². The number of carbonyl (C=O) groups excluding carboxylic acids is 1. The van der Waals surface area contributed by atoms with Crippen molar-refractivity contribution in [2.24, 2.45) is 5.41 Å². The average molecular weight is 519 g/mol. The molecular formula is C28H28F2N6O2. The van der Waals surface area contributed by atoms with Crippen molar-refractivity contribution in [3.8, 4) is 5.69 Å². The van der Waals surface area contributed by atoms with Gasteiger partial charge in [-0.05, 0) is 67.9 Å². The molecule has 2 aliphatic carbocycles. The van der Waals surface area contributed by atoms with Crippen LogP contribution >= 0.6 is 0 Å². The van der Waals surface area contributed by atoms with Gasteiger partial charge in [0.15, 0.2) is 11.6 Å². The van der Waals surface area contributed by atoms with Gasteiger partial charge in [0.2, 0.25) is 0 Å². The molecule has 1 spiro atoms. The smallest absolute Gasteiger partial charge is 0.276 e. The summed E-state index contributed by atoms with van der Waals surface area (Å²) in [6.07, 6.45) is 5.98. The molecular weight excluding hydrogens is 490 g/mol. The van der Waals surface area contributed by atoms with Gasteiger partial charge >= 0.3 is 0 Å². The van der Waals surface area contributed by atoms with Crippen molar-refractivity contribution in [2.75, 3.05) is 35.4 Å². The van der Waals surface area contributed by atoms with Crippen molar-refractivity contribution < 1.29 is 13.6 Å². The molecule has 3 fully saturated rings. The summed E-state index contributed by atoms with van der Waals surface area (Å²) in [5, 5.41) is 11.7. The Balaban J connectivity index is 1.26. The predicted octanol–water partition coefficient (Wildman–Crippen LogP) is 4.08. The Morgan fingerprint density at radius 3 is 2.47 bits per heavy atom. The van der Waals surface area contributed by atoms with Crippen molar-refractivity contribution in [1.82, 2.24) is 14.8 Å². The molecule has 1 N–H and O–H groups in total. The fourth-order valence-corrected chi connectivity index (χ4v) is 6.02. The number of nitrogens with zero attached hydrogens (tertiary/aromatic N) is 5. The number of fused-ring (bicyclic) bond motifs is 1. The number of aromatic nitrogens is 2. The van der Waals surface area contributed by atoms with E-state index in [4.69, 9.17) is 0 Å². The first-order valence-corrected chi connectivity index (χ1v) is 13.1. The second kappa shape index (κ2) is 8.36. The number of amides is 1. The standard InChI is InChI=1S/C28H28F2N6O2/c1-33-15-18-23(36(33)17-5-6-17)9-7-21(25(18)34-14-13-28(16-34)11-12-28)31-27(38)22-8-10-24(37)35(32-22)26-19(29)3-2-4-20(26)30/h2-4,7-10,17H,5-6,11-16H2,1H3,(H,31,38). The highest BCUT2D eigenvalue weighted by Crippen LogP contribution is 2.55. The SMILES string of the molecule is CN1Cc2c(ccc(NC(=O)c3ccc(=O)n(-c4c(F)cccc4F)n3)c2N2CCC3(CC3)C2)N1C1CC1. The molecule has 10 heteroatoms. The Bertz CT molecular complexity index is 1510. The van der Waals surface area contributed by atoms with Crippen LogP contribution in [0.3, 0.4) is 0 Å². The minimum absolute atomic E-state index is 0.115. The molecule has 3 heterocycles. The van der Waals surface area contributed by atoms with Gasteiger partial charge in [-0.3, -0.25) is 9.59 Å². The van der Waals surface area contributed by atoms with Crippen LogP contribution in [0.4, 0.5) is 25.8 Å². The van der Waals surface area contributed by atoms with Crippen molar-refractivity contribution in [2.45, 2.75) is 44.7 Å². The minimum atomic E-state index is -0.939. The summed E-state index contributed by atoms with van der Waals surface area (Å²) in [7, 11) is 2.10. The topological polar surface area (TPSA) is 73.7 Å². The highest BCUT2D eigenvalue weighted by molar-refractivity contribution is 6.05. The minimum Gasteiger partial charge on any atom is -0.369 e. The maximum Gasteiger partial charge on any atom is 0.276 e. The largest absolute Gasteiger partial charge is 0.369 e. The number of carbonyl (C=O) groups is 1. The molecule has 2 aliphatic heterocycles. The number of benzene rings is 2. The molecule has 0 atom stereocenters. The number of halogens is 2. The van der Waals surface area contributed by atoms with Crippen LogP contribution in [0.5, 0.6) is 0 Å². The summed E-state index contributed by atoms with van der Waals surface area (Å²) in [4.78, 5) is 28.2. The Morgan fingerprint density at radius 2 is 1.79 bits per heavy atom. The summed E-state index contributed by atoms with van der Waals surface area (Å²) in [6.45, 7) is 2.65. The van der Waals surface area contributed by atoms with E-state index in [1.54, 1.807) is 0 Å². The maximum absolute atomic E-state index is 14.4. The van der Waals surface area contributed by atoms with E-state index in [0.717, 1.165) is 49.9 Å². The molecule has 7 rings (SSSR count). The van der Waals surface area contributed by atoms with Crippen molar-refractivity contribution in [3.05, 3.63) is 75.7 Å². The second-order valence-corrected chi connectivity index (χ2v) is 11.0. The van der Waals surface area contributed by atoms with Gasteiger partial charge in [-0.1, -0.05) is 6.07 Å².